The maximum atomic E-state index is 12.9. The molecule has 0 atom stereocenters. The van der Waals surface area contributed by atoms with Crippen LogP contribution in [0.25, 0.3) is 11.0 Å². The van der Waals surface area contributed by atoms with E-state index in [2.05, 4.69) is 17.3 Å². The Kier molecular flexibility index (Phi) is 4.51. The van der Waals surface area contributed by atoms with Crippen LogP contribution in [0, 0.1) is 0 Å². The van der Waals surface area contributed by atoms with Crippen molar-refractivity contribution in [3.05, 3.63) is 59.3 Å². The number of methoxy groups -OCH3 is 1. The molecule has 3 aromatic rings. The zero-order valence-corrected chi connectivity index (χ0v) is 16.5. The maximum Gasteiger partial charge on any atom is 0.228 e. The molecule has 1 spiro atoms. The van der Waals surface area contributed by atoms with Crippen molar-refractivity contribution in [2.45, 2.75) is 31.3 Å². The smallest absolute Gasteiger partial charge is 0.228 e. The van der Waals surface area contributed by atoms with Crippen molar-refractivity contribution >= 4 is 16.9 Å². The first kappa shape index (κ1) is 18.2. The summed E-state index contributed by atoms with van der Waals surface area (Å²) in [4.78, 5) is 14.8. The molecule has 0 bridgehead atoms. The van der Waals surface area contributed by atoms with E-state index in [9.17, 15) is 4.79 Å². The second-order valence-corrected chi connectivity index (χ2v) is 7.80. The second kappa shape index (κ2) is 7.19. The van der Waals surface area contributed by atoms with Crippen LogP contribution < -0.4 is 4.74 Å². The lowest BCUT2D eigenvalue weighted by atomic mass is 9.79. The Morgan fingerprint density at radius 1 is 1.21 bits per heavy atom. The van der Waals surface area contributed by atoms with Crippen molar-refractivity contribution in [3.8, 4) is 5.75 Å². The first-order chi connectivity index (χ1) is 14.2. The first-order valence-corrected chi connectivity index (χ1v) is 10.1. The summed E-state index contributed by atoms with van der Waals surface area (Å²) in [5.74, 6) is 0.970. The van der Waals surface area contributed by atoms with E-state index in [1.807, 2.05) is 35.2 Å². The average molecular weight is 392 g/mol. The van der Waals surface area contributed by atoms with Gasteiger partial charge in [0.05, 0.1) is 25.7 Å². The topological polar surface area (TPSA) is 64.8 Å². The molecule has 0 radical (unpaired) electrons. The van der Waals surface area contributed by atoms with Gasteiger partial charge in [0.25, 0.3) is 0 Å². The number of piperidine rings is 1. The van der Waals surface area contributed by atoms with Crippen molar-refractivity contribution in [3.63, 3.8) is 0 Å². The van der Waals surface area contributed by atoms with Gasteiger partial charge in [-0.25, -0.2) is 0 Å². The summed E-state index contributed by atoms with van der Waals surface area (Å²) in [5, 5.41) is 5.01. The van der Waals surface area contributed by atoms with E-state index in [0.29, 0.717) is 25.4 Å². The number of hydrogen-bond donors (Lipinski definition) is 0. The predicted molar refractivity (Wildman–Crippen MR) is 108 cm³/mol. The minimum Gasteiger partial charge on any atom is -0.497 e. The molecule has 29 heavy (non-hydrogen) atoms. The van der Waals surface area contributed by atoms with Gasteiger partial charge in [0.2, 0.25) is 5.91 Å². The van der Waals surface area contributed by atoms with Crippen LogP contribution in [0.1, 0.15) is 29.7 Å². The molecule has 150 valence electrons. The van der Waals surface area contributed by atoms with E-state index in [-0.39, 0.29) is 17.9 Å². The highest BCUT2D eigenvalue weighted by molar-refractivity contribution is 5.86. The third kappa shape index (κ3) is 3.17. The Labute approximate surface area is 169 Å². The fraction of sp³-hybridized carbons (Fsp3) is 0.391. The molecule has 0 unspecified atom stereocenters. The number of para-hydroxylation sites is 1. The van der Waals surface area contributed by atoms with Gasteiger partial charge in [-0.15, -0.1) is 0 Å². The molecular weight excluding hydrogens is 368 g/mol. The Morgan fingerprint density at radius 3 is 2.86 bits per heavy atom. The van der Waals surface area contributed by atoms with Crippen LogP contribution in [0.5, 0.6) is 5.75 Å². The van der Waals surface area contributed by atoms with Crippen LogP contribution in [0.15, 0.2) is 47.0 Å². The van der Waals surface area contributed by atoms with Crippen molar-refractivity contribution in [1.82, 2.24) is 10.1 Å². The van der Waals surface area contributed by atoms with E-state index in [4.69, 9.17) is 14.0 Å². The van der Waals surface area contributed by atoms with Crippen LogP contribution in [0.2, 0.25) is 0 Å². The number of aromatic nitrogens is 1. The lowest BCUT2D eigenvalue weighted by Gasteiger charge is -2.45. The van der Waals surface area contributed by atoms with Gasteiger partial charge in [-0.1, -0.05) is 23.4 Å². The largest absolute Gasteiger partial charge is 0.497 e. The maximum absolute atomic E-state index is 12.9. The highest BCUT2D eigenvalue weighted by Crippen LogP contribution is 2.42. The molecule has 3 heterocycles. The number of carbonyl (C=O) groups is 1. The normalized spacial score (nSPS) is 18.0. The summed E-state index contributed by atoms with van der Waals surface area (Å²) >= 11 is 0. The van der Waals surface area contributed by atoms with Gasteiger partial charge in [-0.05, 0) is 54.7 Å². The van der Waals surface area contributed by atoms with Gasteiger partial charge >= 0.3 is 0 Å². The predicted octanol–water partition coefficient (Wildman–Crippen LogP) is 3.47. The molecular formula is C23H24N2O4. The SMILES string of the molecule is COc1ccc2c(c1)CCOC21CCN(C(=O)Cc2noc3ccccc23)CC1. The van der Waals surface area contributed by atoms with Gasteiger partial charge in [-0.2, -0.15) is 0 Å². The van der Waals surface area contributed by atoms with E-state index in [1.165, 1.54) is 11.1 Å². The van der Waals surface area contributed by atoms with Crippen LogP contribution >= 0.6 is 0 Å². The van der Waals surface area contributed by atoms with E-state index in [0.717, 1.165) is 36.0 Å². The van der Waals surface area contributed by atoms with E-state index in [1.54, 1.807) is 7.11 Å². The summed E-state index contributed by atoms with van der Waals surface area (Å²) in [6.45, 7) is 2.07. The second-order valence-electron chi connectivity index (χ2n) is 7.80. The molecule has 2 aromatic carbocycles. The van der Waals surface area contributed by atoms with Crippen molar-refractivity contribution in [1.29, 1.82) is 0 Å². The summed E-state index contributed by atoms with van der Waals surface area (Å²) in [6, 6.07) is 13.9. The number of hydrogen-bond acceptors (Lipinski definition) is 5. The highest BCUT2D eigenvalue weighted by Gasteiger charge is 2.41. The molecule has 6 heteroatoms. The number of ether oxygens (including phenoxy) is 2. The molecule has 1 fully saturated rings. The van der Waals surface area contributed by atoms with Gasteiger partial charge in [0, 0.05) is 18.5 Å². The number of amides is 1. The average Bonchev–Trinajstić information content (AvgIpc) is 3.17. The molecule has 1 aromatic heterocycles. The fourth-order valence-corrected chi connectivity index (χ4v) is 4.63. The fourth-order valence-electron chi connectivity index (χ4n) is 4.63. The van der Waals surface area contributed by atoms with Gasteiger partial charge in [0.1, 0.15) is 11.4 Å². The molecule has 6 nitrogen and oxygen atoms in total. The third-order valence-corrected chi connectivity index (χ3v) is 6.25. The minimum absolute atomic E-state index is 0.0877. The van der Waals surface area contributed by atoms with E-state index >= 15 is 0 Å². The summed E-state index contributed by atoms with van der Waals surface area (Å²) in [5.41, 5.74) is 3.67. The van der Waals surface area contributed by atoms with Crippen molar-refractivity contribution in [2.75, 3.05) is 26.8 Å². The number of carbonyl (C=O) groups excluding carboxylic acids is 1. The Morgan fingerprint density at radius 2 is 2.03 bits per heavy atom. The number of benzene rings is 2. The molecule has 1 amide bonds. The Bertz CT molecular complexity index is 1050. The van der Waals surface area contributed by atoms with Crippen molar-refractivity contribution in [2.24, 2.45) is 0 Å². The zero-order chi connectivity index (χ0) is 19.8. The molecule has 0 saturated carbocycles. The molecule has 2 aliphatic rings. The lowest BCUT2D eigenvalue weighted by molar-refractivity contribution is -0.140. The molecule has 0 N–H and O–H groups in total. The number of likely N-dealkylation sites (tertiary alicyclic amines) is 1. The minimum atomic E-state index is -0.294. The first-order valence-electron chi connectivity index (χ1n) is 10.1. The standard InChI is InChI=1S/C23H24N2O4/c1-27-17-6-7-19-16(14-17)8-13-28-23(19)9-11-25(12-10-23)22(26)15-20-18-4-2-3-5-21(18)29-24-20/h2-7,14H,8-13,15H2,1H3. The number of fused-ring (bicyclic) bond motifs is 3. The van der Waals surface area contributed by atoms with Crippen LogP contribution in [-0.2, 0) is 28.0 Å². The van der Waals surface area contributed by atoms with Gasteiger partial charge in [-0.3, -0.25) is 4.79 Å². The molecule has 1 saturated heterocycles. The highest BCUT2D eigenvalue weighted by atomic mass is 16.5. The van der Waals surface area contributed by atoms with E-state index < -0.39 is 0 Å². The monoisotopic (exact) mass is 392 g/mol. The van der Waals surface area contributed by atoms with Crippen LogP contribution in [0.4, 0.5) is 0 Å². The Balaban J connectivity index is 1.30. The quantitative estimate of drug-likeness (QED) is 0.683. The lowest BCUT2D eigenvalue weighted by Crippen LogP contribution is -2.48. The van der Waals surface area contributed by atoms with Gasteiger partial charge in [0.15, 0.2) is 5.58 Å². The Hall–Kier alpha value is -2.86. The summed E-state index contributed by atoms with van der Waals surface area (Å²) in [7, 11) is 1.69. The molecule has 2 aliphatic heterocycles. The zero-order valence-electron chi connectivity index (χ0n) is 16.5. The molecule has 5 rings (SSSR count). The molecule has 0 aliphatic carbocycles. The number of rotatable bonds is 3. The van der Waals surface area contributed by atoms with Crippen LogP contribution in [-0.4, -0.2) is 42.8 Å². The number of nitrogens with zero attached hydrogens (tertiary/aromatic N) is 2. The van der Waals surface area contributed by atoms with Crippen LogP contribution in [0.3, 0.4) is 0 Å². The van der Waals surface area contributed by atoms with Gasteiger partial charge < -0.3 is 18.9 Å². The third-order valence-electron chi connectivity index (χ3n) is 6.25. The summed E-state index contributed by atoms with van der Waals surface area (Å²) in [6.07, 6.45) is 2.77. The van der Waals surface area contributed by atoms with Crippen molar-refractivity contribution < 1.29 is 18.8 Å². The summed E-state index contributed by atoms with van der Waals surface area (Å²) < 4.78 is 17.0.